The molecule has 0 aliphatic rings. The van der Waals surface area contributed by atoms with Crippen molar-refractivity contribution >= 4 is 44.8 Å². The molecule has 0 atom stereocenters. The van der Waals surface area contributed by atoms with Crippen LogP contribution in [-0.4, -0.2) is 26.3 Å². The second-order valence-electron chi connectivity index (χ2n) is 3.49. The van der Waals surface area contributed by atoms with Gasteiger partial charge in [-0.1, -0.05) is 34.8 Å². The van der Waals surface area contributed by atoms with Gasteiger partial charge in [0.1, 0.15) is 6.54 Å². The summed E-state index contributed by atoms with van der Waals surface area (Å²) >= 11 is 17.6. The monoisotopic (exact) mass is 326 g/mol. The Labute approximate surface area is 121 Å². The van der Waals surface area contributed by atoms with E-state index in [4.69, 9.17) is 40.1 Å². The summed E-state index contributed by atoms with van der Waals surface area (Å²) in [6.07, 6.45) is 0. The summed E-state index contributed by atoms with van der Waals surface area (Å²) in [7, 11) is -2.34. The Morgan fingerprint density at radius 1 is 1.28 bits per heavy atom. The normalized spacial score (nSPS) is 11.6. The lowest BCUT2D eigenvalue weighted by atomic mass is 10.2. The van der Waals surface area contributed by atoms with E-state index in [1.54, 1.807) is 6.07 Å². The van der Waals surface area contributed by atoms with Crippen LogP contribution in [0.4, 0.5) is 0 Å². The maximum atomic E-state index is 11.9. The number of nitriles is 1. The molecule has 0 heterocycles. The molecule has 0 aliphatic carbocycles. The molecule has 0 unspecified atom stereocenters. The highest BCUT2D eigenvalue weighted by Gasteiger charge is 2.22. The largest absolute Gasteiger partial charge is 0.219 e. The van der Waals surface area contributed by atoms with E-state index in [1.807, 2.05) is 0 Å². The summed E-state index contributed by atoms with van der Waals surface area (Å²) in [5, 5.41) is 9.05. The predicted molar refractivity (Wildman–Crippen MR) is 72.3 cm³/mol. The Bertz CT molecular complexity index is 596. The SMILES string of the molecule is CN(CC#N)S(=O)(=O)Cc1c(Cl)ccc(Cl)c1Cl. The third-order valence-corrected chi connectivity index (χ3v) is 5.16. The highest BCUT2D eigenvalue weighted by molar-refractivity contribution is 7.88. The minimum Gasteiger partial charge on any atom is -0.212 e. The van der Waals surface area contributed by atoms with Crippen LogP contribution in [0.15, 0.2) is 12.1 Å². The summed E-state index contributed by atoms with van der Waals surface area (Å²) in [5.74, 6) is -0.399. The molecule has 0 fully saturated rings. The summed E-state index contributed by atoms with van der Waals surface area (Å²) in [6.45, 7) is -0.238. The second kappa shape index (κ2) is 6.09. The van der Waals surface area contributed by atoms with E-state index >= 15 is 0 Å². The maximum Gasteiger partial charge on any atom is 0.219 e. The van der Waals surface area contributed by atoms with E-state index in [0.717, 1.165) is 4.31 Å². The first-order valence-electron chi connectivity index (χ1n) is 4.73. The average molecular weight is 328 g/mol. The van der Waals surface area contributed by atoms with Gasteiger partial charge in [-0.25, -0.2) is 8.42 Å². The molecule has 1 aromatic rings. The van der Waals surface area contributed by atoms with Gasteiger partial charge in [-0.15, -0.1) is 0 Å². The van der Waals surface area contributed by atoms with Gasteiger partial charge in [-0.05, 0) is 12.1 Å². The Kier molecular flexibility index (Phi) is 5.26. The molecule has 0 bridgehead atoms. The van der Waals surface area contributed by atoms with Gasteiger partial charge in [0.25, 0.3) is 0 Å². The molecule has 0 saturated heterocycles. The van der Waals surface area contributed by atoms with E-state index in [9.17, 15) is 8.42 Å². The molecule has 0 spiro atoms. The van der Waals surface area contributed by atoms with Crippen LogP contribution >= 0.6 is 34.8 Å². The van der Waals surface area contributed by atoms with Crippen molar-refractivity contribution in [2.24, 2.45) is 0 Å². The predicted octanol–water partition coefficient (Wildman–Crippen LogP) is 2.93. The minimum absolute atomic E-state index is 0.109. The fourth-order valence-corrected chi connectivity index (χ4v) is 3.17. The number of hydrogen-bond donors (Lipinski definition) is 0. The Morgan fingerprint density at radius 3 is 2.39 bits per heavy atom. The van der Waals surface area contributed by atoms with Gasteiger partial charge < -0.3 is 0 Å². The maximum absolute atomic E-state index is 11.9. The molecule has 18 heavy (non-hydrogen) atoms. The molecule has 98 valence electrons. The van der Waals surface area contributed by atoms with Crippen LogP contribution < -0.4 is 0 Å². The molecular weight excluding hydrogens is 319 g/mol. The van der Waals surface area contributed by atoms with Gasteiger partial charge in [-0.3, -0.25) is 0 Å². The Morgan fingerprint density at radius 2 is 1.83 bits per heavy atom. The minimum atomic E-state index is -3.65. The summed E-state index contributed by atoms with van der Waals surface area (Å²) in [6, 6.07) is 4.72. The summed E-state index contributed by atoms with van der Waals surface area (Å²) in [5.41, 5.74) is 0.232. The topological polar surface area (TPSA) is 61.2 Å². The number of hydrogen-bond acceptors (Lipinski definition) is 3. The van der Waals surface area contributed by atoms with Crippen molar-refractivity contribution < 1.29 is 8.42 Å². The first-order chi connectivity index (χ1) is 8.29. The van der Waals surface area contributed by atoms with Crippen molar-refractivity contribution in [1.82, 2.24) is 4.31 Å². The average Bonchev–Trinajstić information content (AvgIpc) is 2.30. The molecule has 0 radical (unpaired) electrons. The van der Waals surface area contributed by atoms with Crippen LogP contribution in [-0.2, 0) is 15.8 Å². The molecule has 8 heteroatoms. The second-order valence-corrected chi connectivity index (χ2v) is 6.76. The number of rotatable bonds is 4. The van der Waals surface area contributed by atoms with Crippen molar-refractivity contribution in [3.8, 4) is 6.07 Å². The standard InChI is InChI=1S/C10H9Cl3N2O2S/c1-15(5-4-14)18(16,17)6-7-8(11)2-3-9(12)10(7)13/h2-3H,5-6H2,1H3. The zero-order valence-electron chi connectivity index (χ0n) is 9.32. The first kappa shape index (κ1) is 15.5. The van der Waals surface area contributed by atoms with E-state index < -0.39 is 15.8 Å². The van der Waals surface area contributed by atoms with E-state index in [0.29, 0.717) is 0 Å². The lowest BCUT2D eigenvalue weighted by Crippen LogP contribution is -2.28. The van der Waals surface area contributed by atoms with Gasteiger partial charge in [-0.2, -0.15) is 9.57 Å². The van der Waals surface area contributed by atoms with Crippen molar-refractivity contribution in [3.63, 3.8) is 0 Å². The third kappa shape index (κ3) is 3.50. The van der Waals surface area contributed by atoms with Gasteiger partial charge in [0, 0.05) is 17.6 Å². The number of sulfonamides is 1. The molecule has 0 amide bonds. The fourth-order valence-electron chi connectivity index (χ4n) is 1.19. The van der Waals surface area contributed by atoms with E-state index in [1.165, 1.54) is 19.2 Å². The lowest BCUT2D eigenvalue weighted by molar-refractivity contribution is 0.501. The Balaban J connectivity index is 3.13. The van der Waals surface area contributed by atoms with Gasteiger partial charge in [0.05, 0.1) is 21.9 Å². The van der Waals surface area contributed by atoms with Crippen molar-refractivity contribution in [2.75, 3.05) is 13.6 Å². The highest BCUT2D eigenvalue weighted by atomic mass is 35.5. The Hall–Kier alpha value is -0.510. The van der Waals surface area contributed by atoms with Crippen LogP contribution in [0.1, 0.15) is 5.56 Å². The fraction of sp³-hybridized carbons (Fsp3) is 0.300. The van der Waals surface area contributed by atoms with E-state index in [-0.39, 0.29) is 27.2 Å². The molecule has 0 N–H and O–H groups in total. The van der Waals surface area contributed by atoms with E-state index in [2.05, 4.69) is 0 Å². The van der Waals surface area contributed by atoms with Crippen LogP contribution in [0.2, 0.25) is 15.1 Å². The highest BCUT2D eigenvalue weighted by Crippen LogP contribution is 2.32. The zero-order chi connectivity index (χ0) is 13.9. The smallest absolute Gasteiger partial charge is 0.212 e. The first-order valence-corrected chi connectivity index (χ1v) is 7.47. The zero-order valence-corrected chi connectivity index (χ0v) is 12.4. The quantitative estimate of drug-likeness (QED) is 0.631. The summed E-state index contributed by atoms with van der Waals surface area (Å²) in [4.78, 5) is 0. The van der Waals surface area contributed by atoms with Crippen molar-refractivity contribution in [3.05, 3.63) is 32.8 Å². The van der Waals surface area contributed by atoms with Gasteiger partial charge >= 0.3 is 0 Å². The number of benzene rings is 1. The molecule has 4 nitrogen and oxygen atoms in total. The molecular formula is C10H9Cl3N2O2S. The number of halogens is 3. The lowest BCUT2D eigenvalue weighted by Gasteiger charge is -2.15. The summed E-state index contributed by atoms with van der Waals surface area (Å²) < 4.78 is 24.8. The molecule has 0 saturated carbocycles. The van der Waals surface area contributed by atoms with Crippen molar-refractivity contribution in [1.29, 1.82) is 5.26 Å². The van der Waals surface area contributed by atoms with Crippen LogP contribution in [0.25, 0.3) is 0 Å². The molecule has 0 aliphatic heterocycles. The van der Waals surface area contributed by atoms with Crippen LogP contribution in [0, 0.1) is 11.3 Å². The van der Waals surface area contributed by atoms with Crippen LogP contribution in [0.3, 0.4) is 0 Å². The molecule has 1 aromatic carbocycles. The van der Waals surface area contributed by atoms with Gasteiger partial charge in [0.2, 0.25) is 10.0 Å². The molecule has 0 aromatic heterocycles. The van der Waals surface area contributed by atoms with Crippen LogP contribution in [0.5, 0.6) is 0 Å². The third-order valence-electron chi connectivity index (χ3n) is 2.23. The van der Waals surface area contributed by atoms with Crippen molar-refractivity contribution in [2.45, 2.75) is 5.75 Å². The number of nitrogens with zero attached hydrogens (tertiary/aromatic N) is 2. The van der Waals surface area contributed by atoms with Gasteiger partial charge in [0.15, 0.2) is 0 Å². The molecule has 1 rings (SSSR count).